The van der Waals surface area contributed by atoms with Crippen LogP contribution in [-0.2, 0) is 4.52 Å². The molecule has 1 atom stereocenters. The zero-order chi connectivity index (χ0) is 16.6. The molecule has 0 radical (unpaired) electrons. The van der Waals surface area contributed by atoms with Gasteiger partial charge in [0, 0.05) is 22.3 Å². The van der Waals surface area contributed by atoms with Gasteiger partial charge in [0.15, 0.2) is 0 Å². The average Bonchev–Trinajstić information content (AvgIpc) is 2.64. The van der Waals surface area contributed by atoms with Crippen LogP contribution in [0.3, 0.4) is 0 Å². The maximum Gasteiger partial charge on any atom is 0.0918 e. The molecular formula is C21H22NOP. The number of para-hydroxylation sites is 1. The fourth-order valence-electron chi connectivity index (χ4n) is 2.47. The second-order valence-electron chi connectivity index (χ2n) is 5.67. The van der Waals surface area contributed by atoms with Crippen molar-refractivity contribution in [3.63, 3.8) is 0 Å². The van der Waals surface area contributed by atoms with Gasteiger partial charge in [-0.3, -0.25) is 0 Å². The van der Waals surface area contributed by atoms with Gasteiger partial charge in [0.2, 0.25) is 0 Å². The minimum Gasteiger partial charge on any atom is -0.380 e. The fourth-order valence-corrected chi connectivity index (χ4v) is 4.33. The molecule has 1 N–H and O–H groups in total. The van der Waals surface area contributed by atoms with Crippen LogP contribution in [0.5, 0.6) is 0 Å². The van der Waals surface area contributed by atoms with Crippen LogP contribution in [0.2, 0.25) is 0 Å². The van der Waals surface area contributed by atoms with Crippen molar-refractivity contribution in [2.45, 2.75) is 13.0 Å². The Bertz CT molecular complexity index is 679. The molecule has 0 bridgehead atoms. The molecule has 0 amide bonds. The average molecular weight is 335 g/mol. The van der Waals surface area contributed by atoms with E-state index in [2.05, 4.69) is 72.9 Å². The molecule has 1 unspecified atom stereocenters. The predicted molar refractivity (Wildman–Crippen MR) is 105 cm³/mol. The van der Waals surface area contributed by atoms with Gasteiger partial charge in [0.25, 0.3) is 0 Å². The largest absolute Gasteiger partial charge is 0.380 e. The number of hydrogen-bond donors (Lipinski definition) is 1. The van der Waals surface area contributed by atoms with E-state index in [9.17, 15) is 0 Å². The quantitative estimate of drug-likeness (QED) is 0.640. The maximum atomic E-state index is 6.35. The maximum absolute atomic E-state index is 6.35. The van der Waals surface area contributed by atoms with Crippen molar-refractivity contribution in [3.8, 4) is 0 Å². The van der Waals surface area contributed by atoms with Crippen LogP contribution >= 0.6 is 8.15 Å². The second-order valence-corrected chi connectivity index (χ2v) is 7.55. The van der Waals surface area contributed by atoms with E-state index in [1.54, 1.807) is 0 Å². The Balaban J connectivity index is 1.68. The van der Waals surface area contributed by atoms with Crippen molar-refractivity contribution in [1.82, 2.24) is 0 Å². The lowest BCUT2D eigenvalue weighted by atomic mass is 10.3. The van der Waals surface area contributed by atoms with E-state index in [4.69, 9.17) is 4.52 Å². The van der Waals surface area contributed by atoms with Gasteiger partial charge in [-0.25, -0.2) is 0 Å². The molecule has 24 heavy (non-hydrogen) atoms. The van der Waals surface area contributed by atoms with Crippen molar-refractivity contribution in [2.75, 3.05) is 11.9 Å². The zero-order valence-electron chi connectivity index (χ0n) is 13.8. The topological polar surface area (TPSA) is 21.3 Å². The highest BCUT2D eigenvalue weighted by molar-refractivity contribution is 7.68. The lowest BCUT2D eigenvalue weighted by Gasteiger charge is -2.22. The van der Waals surface area contributed by atoms with Crippen molar-refractivity contribution in [1.29, 1.82) is 0 Å². The van der Waals surface area contributed by atoms with E-state index in [1.165, 1.54) is 10.6 Å². The van der Waals surface area contributed by atoms with E-state index in [0.717, 1.165) is 5.69 Å². The van der Waals surface area contributed by atoms with Gasteiger partial charge in [0.05, 0.1) is 14.8 Å². The summed E-state index contributed by atoms with van der Waals surface area (Å²) in [6, 6.07) is 31.5. The lowest BCUT2D eigenvalue weighted by molar-refractivity contribution is 0.344. The van der Waals surface area contributed by atoms with Gasteiger partial charge in [0.1, 0.15) is 0 Å². The lowest BCUT2D eigenvalue weighted by Crippen LogP contribution is -2.23. The molecule has 2 nitrogen and oxygen atoms in total. The number of benzene rings is 3. The molecule has 3 rings (SSSR count). The molecule has 0 aliphatic rings. The van der Waals surface area contributed by atoms with Crippen molar-refractivity contribution in [2.24, 2.45) is 0 Å². The van der Waals surface area contributed by atoms with Gasteiger partial charge in [-0.1, -0.05) is 78.9 Å². The third-order valence-corrected chi connectivity index (χ3v) is 5.56. The molecule has 0 heterocycles. The van der Waals surface area contributed by atoms with Crippen molar-refractivity contribution in [3.05, 3.63) is 91.0 Å². The standard InChI is InChI=1S/C21H22NOP/c1-18(22-19-11-5-2-6-12-19)17-23-24(20-13-7-3-8-14-20)21-15-9-4-10-16-21/h2-16,18,22H,17H2,1H3. The SMILES string of the molecule is CC(COP(c1ccccc1)c1ccccc1)Nc1ccccc1. The second kappa shape index (κ2) is 8.63. The summed E-state index contributed by atoms with van der Waals surface area (Å²) >= 11 is 0. The first kappa shape index (κ1) is 16.7. The Morgan fingerprint density at radius 3 is 1.71 bits per heavy atom. The summed E-state index contributed by atoms with van der Waals surface area (Å²) < 4.78 is 6.35. The molecule has 122 valence electrons. The van der Waals surface area contributed by atoms with E-state index in [-0.39, 0.29) is 6.04 Å². The Morgan fingerprint density at radius 1 is 0.750 bits per heavy atom. The van der Waals surface area contributed by atoms with Crippen LogP contribution in [0, 0.1) is 0 Å². The molecular weight excluding hydrogens is 313 g/mol. The first-order valence-electron chi connectivity index (χ1n) is 8.17. The summed E-state index contributed by atoms with van der Waals surface area (Å²) in [6.45, 7) is 2.81. The smallest absolute Gasteiger partial charge is 0.0918 e. The molecule has 0 saturated carbocycles. The molecule has 0 aliphatic carbocycles. The van der Waals surface area contributed by atoms with Gasteiger partial charge >= 0.3 is 0 Å². The molecule has 0 spiro atoms. The van der Waals surface area contributed by atoms with Gasteiger partial charge in [-0.05, 0) is 19.1 Å². The van der Waals surface area contributed by atoms with Gasteiger partial charge < -0.3 is 9.84 Å². The summed E-state index contributed by atoms with van der Waals surface area (Å²) in [4.78, 5) is 0. The number of rotatable bonds is 7. The van der Waals surface area contributed by atoms with Crippen LogP contribution in [0.1, 0.15) is 6.92 Å². The molecule has 0 aliphatic heterocycles. The van der Waals surface area contributed by atoms with E-state index in [1.807, 2.05) is 30.3 Å². The first-order valence-corrected chi connectivity index (χ1v) is 9.43. The highest BCUT2D eigenvalue weighted by Crippen LogP contribution is 2.34. The summed E-state index contributed by atoms with van der Waals surface area (Å²) in [5.41, 5.74) is 1.12. The summed E-state index contributed by atoms with van der Waals surface area (Å²) in [6.07, 6.45) is 0. The van der Waals surface area contributed by atoms with E-state index < -0.39 is 8.15 Å². The fraction of sp³-hybridized carbons (Fsp3) is 0.143. The zero-order valence-corrected chi connectivity index (χ0v) is 14.7. The van der Waals surface area contributed by atoms with Crippen LogP contribution < -0.4 is 15.9 Å². The molecule has 3 heteroatoms. The summed E-state index contributed by atoms with van der Waals surface area (Å²) in [5, 5.41) is 5.97. The van der Waals surface area contributed by atoms with E-state index in [0.29, 0.717) is 6.61 Å². The van der Waals surface area contributed by atoms with Crippen LogP contribution in [0.15, 0.2) is 91.0 Å². The Kier molecular flexibility index (Phi) is 6.01. The monoisotopic (exact) mass is 335 g/mol. The van der Waals surface area contributed by atoms with Crippen LogP contribution in [0.25, 0.3) is 0 Å². The highest BCUT2D eigenvalue weighted by Gasteiger charge is 2.16. The number of anilines is 1. The van der Waals surface area contributed by atoms with Gasteiger partial charge in [-0.15, -0.1) is 0 Å². The van der Waals surface area contributed by atoms with Gasteiger partial charge in [-0.2, -0.15) is 0 Å². The van der Waals surface area contributed by atoms with E-state index >= 15 is 0 Å². The molecule has 0 aromatic heterocycles. The molecule has 0 fully saturated rings. The normalized spacial score (nSPS) is 12.1. The minimum absolute atomic E-state index is 0.241. The summed E-state index contributed by atoms with van der Waals surface area (Å²) in [5.74, 6) is 0. The minimum atomic E-state index is -0.798. The summed E-state index contributed by atoms with van der Waals surface area (Å²) in [7, 11) is -0.798. The molecule has 3 aromatic carbocycles. The molecule has 3 aromatic rings. The Hall–Kier alpha value is -2.15. The van der Waals surface area contributed by atoms with Crippen molar-refractivity contribution >= 4 is 24.4 Å². The number of hydrogen-bond acceptors (Lipinski definition) is 2. The third kappa shape index (κ3) is 4.67. The first-order chi connectivity index (χ1) is 11.8. The third-order valence-electron chi connectivity index (χ3n) is 3.62. The van der Waals surface area contributed by atoms with Crippen LogP contribution in [-0.4, -0.2) is 12.6 Å². The van der Waals surface area contributed by atoms with Crippen molar-refractivity contribution < 1.29 is 4.52 Å². The van der Waals surface area contributed by atoms with Crippen LogP contribution in [0.4, 0.5) is 5.69 Å². The Morgan fingerprint density at radius 2 is 1.21 bits per heavy atom. The molecule has 0 saturated heterocycles. The highest BCUT2D eigenvalue weighted by atomic mass is 31.1. The predicted octanol–water partition coefficient (Wildman–Crippen LogP) is 4.55. The Labute approximate surface area is 145 Å². The number of nitrogens with one attached hydrogen (secondary N) is 1.